The third-order valence-corrected chi connectivity index (χ3v) is 4.44. The van der Waals surface area contributed by atoms with Crippen LogP contribution in [0.1, 0.15) is 46.8 Å². The minimum Gasteiger partial charge on any atom is -0.361 e. The Kier molecular flexibility index (Phi) is 10.8. The van der Waals surface area contributed by atoms with Gasteiger partial charge in [-0.2, -0.15) is 13.2 Å². The molecule has 0 aliphatic rings. The van der Waals surface area contributed by atoms with E-state index < -0.39 is 17.6 Å². The number of alkyl halides is 3. The Bertz CT molecular complexity index is 845. The maximum atomic E-state index is 12.6. The maximum Gasteiger partial charge on any atom is 0.416 e. The Balaban J connectivity index is 0.00000480. The molecule has 2 aromatic rings. The molecule has 1 aromatic carbocycles. The molecule has 1 amide bonds. The van der Waals surface area contributed by atoms with E-state index in [4.69, 9.17) is 4.52 Å². The predicted octanol–water partition coefficient (Wildman–Crippen LogP) is 3.53. The van der Waals surface area contributed by atoms with Gasteiger partial charge in [0.05, 0.1) is 11.3 Å². The molecule has 0 aliphatic carbocycles. The predicted molar refractivity (Wildman–Crippen MR) is 123 cm³/mol. The van der Waals surface area contributed by atoms with Gasteiger partial charge in [-0.1, -0.05) is 19.0 Å². The Hall–Kier alpha value is -2.31. The van der Waals surface area contributed by atoms with Crippen LogP contribution >= 0.6 is 24.0 Å². The van der Waals surface area contributed by atoms with Crippen LogP contribution in [0.5, 0.6) is 0 Å². The van der Waals surface area contributed by atoms with Crippen molar-refractivity contribution in [3.05, 3.63) is 52.4 Å². The lowest BCUT2D eigenvalue weighted by Crippen LogP contribution is -2.41. The molecule has 1 aromatic heterocycles. The molecule has 0 saturated carbocycles. The van der Waals surface area contributed by atoms with Crippen molar-refractivity contribution in [2.45, 2.75) is 39.4 Å². The monoisotopic (exact) mass is 553 g/mol. The van der Waals surface area contributed by atoms with E-state index in [0.29, 0.717) is 19.0 Å². The summed E-state index contributed by atoms with van der Waals surface area (Å²) >= 11 is 0. The molecular formula is C20H27F3IN5O2. The SMILES string of the molecule is CCc1noc(CC)c1CNC(=NC)NCCNC(=O)c1ccc(C(F)(F)F)cc1.I. The number of nitrogens with one attached hydrogen (secondary N) is 3. The topological polar surface area (TPSA) is 91.6 Å². The van der Waals surface area contributed by atoms with E-state index >= 15 is 0 Å². The average molecular weight is 553 g/mol. The molecule has 3 N–H and O–H groups in total. The highest BCUT2D eigenvalue weighted by Crippen LogP contribution is 2.29. The second-order valence-corrected chi connectivity index (χ2v) is 6.42. The number of halogens is 4. The number of rotatable bonds is 8. The molecular weight excluding hydrogens is 526 g/mol. The molecule has 11 heteroatoms. The van der Waals surface area contributed by atoms with Gasteiger partial charge in [0, 0.05) is 44.2 Å². The van der Waals surface area contributed by atoms with E-state index in [2.05, 4.69) is 26.1 Å². The summed E-state index contributed by atoms with van der Waals surface area (Å²) in [4.78, 5) is 16.2. The summed E-state index contributed by atoms with van der Waals surface area (Å²) in [5.41, 5.74) is 1.29. The van der Waals surface area contributed by atoms with Gasteiger partial charge in [0.15, 0.2) is 5.96 Å². The molecule has 0 radical (unpaired) electrons. The van der Waals surface area contributed by atoms with Crippen LogP contribution in [0.15, 0.2) is 33.8 Å². The zero-order valence-electron chi connectivity index (χ0n) is 17.6. The van der Waals surface area contributed by atoms with Gasteiger partial charge in [-0.3, -0.25) is 9.79 Å². The highest BCUT2D eigenvalue weighted by molar-refractivity contribution is 14.0. The number of aliphatic imine (C=N–C) groups is 1. The van der Waals surface area contributed by atoms with Gasteiger partial charge in [-0.05, 0) is 30.7 Å². The van der Waals surface area contributed by atoms with Crippen LogP contribution in [0.4, 0.5) is 13.2 Å². The maximum absolute atomic E-state index is 12.6. The fraction of sp³-hybridized carbons (Fsp3) is 0.450. The van der Waals surface area contributed by atoms with Crippen LogP contribution in [0, 0.1) is 0 Å². The molecule has 0 spiro atoms. The Morgan fingerprint density at radius 3 is 2.26 bits per heavy atom. The van der Waals surface area contributed by atoms with Crippen molar-refractivity contribution in [2.75, 3.05) is 20.1 Å². The van der Waals surface area contributed by atoms with Gasteiger partial charge in [0.1, 0.15) is 5.76 Å². The van der Waals surface area contributed by atoms with E-state index in [1.807, 2.05) is 13.8 Å². The normalized spacial score (nSPS) is 11.6. The van der Waals surface area contributed by atoms with Crippen molar-refractivity contribution >= 4 is 35.8 Å². The van der Waals surface area contributed by atoms with Crippen molar-refractivity contribution in [1.82, 2.24) is 21.1 Å². The minimum atomic E-state index is -4.43. The lowest BCUT2D eigenvalue weighted by molar-refractivity contribution is -0.137. The van der Waals surface area contributed by atoms with Gasteiger partial charge in [-0.25, -0.2) is 0 Å². The molecule has 2 rings (SSSR count). The van der Waals surface area contributed by atoms with E-state index in [1.165, 1.54) is 0 Å². The summed E-state index contributed by atoms with van der Waals surface area (Å²) in [6.45, 7) is 5.17. The number of guanidine groups is 1. The number of carbonyl (C=O) groups excluding carboxylic acids is 1. The summed E-state index contributed by atoms with van der Waals surface area (Å²) in [5.74, 6) is 0.931. The number of hydrogen-bond donors (Lipinski definition) is 3. The van der Waals surface area contributed by atoms with Crippen molar-refractivity contribution < 1.29 is 22.5 Å². The second kappa shape index (κ2) is 12.5. The number of nitrogens with zero attached hydrogens (tertiary/aromatic N) is 2. The first-order chi connectivity index (χ1) is 14.3. The number of benzene rings is 1. The van der Waals surface area contributed by atoms with Crippen LogP contribution in [-0.4, -0.2) is 37.2 Å². The van der Waals surface area contributed by atoms with Gasteiger partial charge in [-0.15, -0.1) is 24.0 Å². The number of hydrogen-bond acceptors (Lipinski definition) is 4. The van der Waals surface area contributed by atoms with Crippen molar-refractivity contribution in [2.24, 2.45) is 4.99 Å². The first kappa shape index (κ1) is 26.7. The highest BCUT2D eigenvalue weighted by Gasteiger charge is 2.30. The molecule has 0 fully saturated rings. The van der Waals surface area contributed by atoms with Gasteiger partial charge in [0.2, 0.25) is 0 Å². The molecule has 7 nitrogen and oxygen atoms in total. The van der Waals surface area contributed by atoms with Gasteiger partial charge >= 0.3 is 6.18 Å². The Labute approximate surface area is 196 Å². The Morgan fingerprint density at radius 1 is 1.06 bits per heavy atom. The van der Waals surface area contributed by atoms with Gasteiger partial charge < -0.3 is 20.5 Å². The summed E-state index contributed by atoms with van der Waals surface area (Å²) in [5, 5.41) is 13.0. The zero-order chi connectivity index (χ0) is 22.1. The van der Waals surface area contributed by atoms with E-state index in [-0.39, 0.29) is 36.1 Å². The van der Waals surface area contributed by atoms with Crippen LogP contribution in [-0.2, 0) is 25.6 Å². The third kappa shape index (κ3) is 7.71. The smallest absolute Gasteiger partial charge is 0.361 e. The van der Waals surface area contributed by atoms with Gasteiger partial charge in [0.25, 0.3) is 5.91 Å². The third-order valence-electron chi connectivity index (χ3n) is 4.44. The molecule has 172 valence electrons. The van der Waals surface area contributed by atoms with Crippen LogP contribution in [0.2, 0.25) is 0 Å². The van der Waals surface area contributed by atoms with Crippen LogP contribution in [0.25, 0.3) is 0 Å². The number of aryl methyl sites for hydroxylation is 2. The van der Waals surface area contributed by atoms with Crippen molar-refractivity contribution in [3.63, 3.8) is 0 Å². The van der Waals surface area contributed by atoms with Crippen molar-refractivity contribution in [1.29, 1.82) is 0 Å². The largest absolute Gasteiger partial charge is 0.416 e. The summed E-state index contributed by atoms with van der Waals surface area (Å²) in [7, 11) is 1.63. The molecule has 0 aliphatic heterocycles. The van der Waals surface area contributed by atoms with E-state index in [0.717, 1.165) is 54.1 Å². The Morgan fingerprint density at radius 2 is 1.71 bits per heavy atom. The number of amides is 1. The summed E-state index contributed by atoms with van der Waals surface area (Å²) in [6.07, 6.45) is -2.92. The zero-order valence-corrected chi connectivity index (χ0v) is 19.9. The first-order valence-electron chi connectivity index (χ1n) is 9.66. The number of aromatic nitrogens is 1. The summed E-state index contributed by atoms with van der Waals surface area (Å²) in [6, 6.07) is 4.08. The van der Waals surface area contributed by atoms with Crippen LogP contribution < -0.4 is 16.0 Å². The fourth-order valence-corrected chi connectivity index (χ4v) is 2.80. The van der Waals surface area contributed by atoms with E-state index in [1.54, 1.807) is 7.05 Å². The number of carbonyl (C=O) groups is 1. The van der Waals surface area contributed by atoms with Crippen molar-refractivity contribution in [3.8, 4) is 0 Å². The van der Waals surface area contributed by atoms with Crippen LogP contribution in [0.3, 0.4) is 0 Å². The molecule has 0 saturated heterocycles. The molecule has 0 unspecified atom stereocenters. The second-order valence-electron chi connectivity index (χ2n) is 6.42. The molecule has 1 heterocycles. The lowest BCUT2D eigenvalue weighted by atomic mass is 10.1. The minimum absolute atomic E-state index is 0. The average Bonchev–Trinajstić information content (AvgIpc) is 3.14. The molecule has 0 atom stereocenters. The molecule has 31 heavy (non-hydrogen) atoms. The first-order valence-corrected chi connectivity index (χ1v) is 9.66. The standard InChI is InChI=1S/C20H26F3N5O2.HI/c1-4-16-15(17(5-2)30-28-16)12-27-19(24-3)26-11-10-25-18(29)13-6-8-14(9-7-13)20(21,22)23;/h6-9H,4-5,10-12H2,1-3H3,(H,25,29)(H2,24,26,27);1H. The quantitative estimate of drug-likeness (QED) is 0.202. The highest BCUT2D eigenvalue weighted by atomic mass is 127. The summed E-state index contributed by atoms with van der Waals surface area (Å²) < 4.78 is 43.1. The molecule has 0 bridgehead atoms. The fourth-order valence-electron chi connectivity index (χ4n) is 2.80. The van der Waals surface area contributed by atoms with E-state index in [9.17, 15) is 18.0 Å². The lowest BCUT2D eigenvalue weighted by Gasteiger charge is -2.13.